The van der Waals surface area contributed by atoms with Gasteiger partial charge in [-0.15, -0.1) is 0 Å². The van der Waals surface area contributed by atoms with Gasteiger partial charge in [0.15, 0.2) is 0 Å². The normalized spacial score (nSPS) is 16.3. The Morgan fingerprint density at radius 3 is 2.11 bits per heavy atom. The minimum absolute atomic E-state index is 0.515. The Bertz CT molecular complexity index is 483. The van der Waals surface area contributed by atoms with E-state index in [-0.39, 0.29) is 0 Å². The molecular formula is C5H3BF2O9S. The first-order valence-corrected chi connectivity index (χ1v) is 5.33. The number of carbonyl (C=O) groups is 3. The van der Waals surface area contributed by atoms with Crippen molar-refractivity contribution in [2.24, 2.45) is 0 Å². The van der Waals surface area contributed by atoms with Gasteiger partial charge in [-0.1, -0.05) is 0 Å². The van der Waals surface area contributed by atoms with E-state index >= 15 is 0 Å². The molecule has 13 heteroatoms. The summed E-state index contributed by atoms with van der Waals surface area (Å²) in [5, 5.41) is -5.05. The molecule has 0 aromatic heterocycles. The lowest BCUT2D eigenvalue weighted by molar-refractivity contribution is -0.158. The van der Waals surface area contributed by atoms with Gasteiger partial charge in [-0.2, -0.15) is 17.2 Å². The van der Waals surface area contributed by atoms with Crippen LogP contribution < -0.4 is 0 Å². The van der Waals surface area contributed by atoms with Crippen molar-refractivity contribution in [3.05, 3.63) is 0 Å². The third kappa shape index (κ3) is 2.40. The molecule has 100 valence electrons. The molecule has 0 unspecified atom stereocenters. The van der Waals surface area contributed by atoms with E-state index in [1.807, 2.05) is 0 Å². The van der Waals surface area contributed by atoms with Crippen molar-refractivity contribution in [3.63, 3.8) is 0 Å². The van der Waals surface area contributed by atoms with Crippen molar-refractivity contribution < 1.29 is 49.7 Å². The summed E-state index contributed by atoms with van der Waals surface area (Å²) in [7, 11) is -7.86. The third-order valence-electron chi connectivity index (χ3n) is 1.52. The zero-order valence-electron chi connectivity index (χ0n) is 8.42. The number of methoxy groups -OCH3 is 1. The number of rotatable bonds is 4. The lowest BCUT2D eigenvalue weighted by Gasteiger charge is -2.13. The summed E-state index contributed by atoms with van der Waals surface area (Å²) in [4.78, 5) is 31.5. The Morgan fingerprint density at radius 1 is 1.28 bits per heavy atom. The van der Waals surface area contributed by atoms with Gasteiger partial charge in [0.05, 0.1) is 7.11 Å². The lowest BCUT2D eigenvalue weighted by Crippen LogP contribution is -2.43. The highest BCUT2D eigenvalue weighted by atomic mass is 32.2. The van der Waals surface area contributed by atoms with Crippen LogP contribution in [-0.2, 0) is 42.6 Å². The second-order valence-corrected chi connectivity index (χ2v) is 4.27. The van der Waals surface area contributed by atoms with Crippen molar-refractivity contribution in [3.8, 4) is 0 Å². The molecule has 0 atom stereocenters. The van der Waals surface area contributed by atoms with Crippen LogP contribution in [0.5, 0.6) is 0 Å². The van der Waals surface area contributed by atoms with Crippen LogP contribution in [0.3, 0.4) is 0 Å². The first-order valence-electron chi connectivity index (χ1n) is 3.92. The van der Waals surface area contributed by atoms with E-state index < -0.39 is 40.6 Å². The highest BCUT2D eigenvalue weighted by Gasteiger charge is 2.60. The minimum atomic E-state index is -5.86. The molecule has 1 aliphatic rings. The first-order chi connectivity index (χ1) is 8.11. The molecule has 1 aliphatic heterocycles. The Labute approximate surface area is 98.2 Å². The standard InChI is InChI=1S/C5H3BF2O9S/c1-14-4(11)5(7,8)18(12,13)17-6-15-2(9)3(10)16-6/h1H3. The number of carbonyl (C=O) groups excluding carboxylic acids is 3. The van der Waals surface area contributed by atoms with Crippen LogP contribution in [0.4, 0.5) is 8.78 Å². The molecule has 0 spiro atoms. The van der Waals surface area contributed by atoms with Gasteiger partial charge in [-0.05, 0) is 0 Å². The molecule has 0 N–H and O–H groups in total. The molecule has 1 rings (SSSR count). The van der Waals surface area contributed by atoms with Gasteiger partial charge in [0.25, 0.3) is 0 Å². The van der Waals surface area contributed by atoms with Crippen LogP contribution in [0.25, 0.3) is 0 Å². The zero-order valence-corrected chi connectivity index (χ0v) is 9.23. The van der Waals surface area contributed by atoms with Crippen molar-refractivity contribution in [2.45, 2.75) is 5.25 Å². The van der Waals surface area contributed by atoms with E-state index in [1.165, 1.54) is 0 Å². The molecule has 0 amide bonds. The van der Waals surface area contributed by atoms with E-state index in [0.717, 1.165) is 0 Å². The molecule has 0 bridgehead atoms. The highest BCUT2D eigenvalue weighted by Crippen LogP contribution is 2.26. The van der Waals surface area contributed by atoms with E-state index in [9.17, 15) is 31.6 Å². The van der Waals surface area contributed by atoms with Crippen LogP contribution in [0, 0.1) is 0 Å². The van der Waals surface area contributed by atoms with Crippen LogP contribution in [-0.4, -0.2) is 46.0 Å². The molecule has 18 heavy (non-hydrogen) atoms. The van der Waals surface area contributed by atoms with Gasteiger partial charge in [-0.3, -0.25) is 0 Å². The summed E-state index contributed by atoms with van der Waals surface area (Å²) in [6.45, 7) is 0. The Morgan fingerprint density at radius 2 is 1.72 bits per heavy atom. The minimum Gasteiger partial charge on any atom is -0.464 e. The van der Waals surface area contributed by atoms with Crippen LogP contribution in [0.1, 0.15) is 0 Å². The quantitative estimate of drug-likeness (QED) is 0.334. The maximum atomic E-state index is 13.0. The molecule has 1 saturated heterocycles. The fraction of sp³-hybridized carbons (Fsp3) is 0.400. The number of hydrogen-bond acceptors (Lipinski definition) is 9. The molecule has 9 nitrogen and oxygen atoms in total. The van der Waals surface area contributed by atoms with Crippen molar-refractivity contribution in [2.75, 3.05) is 7.11 Å². The predicted molar refractivity (Wildman–Crippen MR) is 44.9 cm³/mol. The van der Waals surface area contributed by atoms with Gasteiger partial charge in [0, 0.05) is 0 Å². The van der Waals surface area contributed by atoms with Crippen molar-refractivity contribution in [1.82, 2.24) is 0 Å². The average Bonchev–Trinajstić information content (AvgIpc) is 2.55. The number of esters is 1. The molecule has 0 saturated carbocycles. The summed E-state index contributed by atoms with van der Waals surface area (Å²) in [6.07, 6.45) is 0. The zero-order chi connectivity index (χ0) is 14.1. The summed E-state index contributed by atoms with van der Waals surface area (Å²) >= 11 is 0. The van der Waals surface area contributed by atoms with Crippen LogP contribution >= 0.6 is 0 Å². The van der Waals surface area contributed by atoms with Gasteiger partial charge < -0.3 is 14.0 Å². The predicted octanol–water partition coefficient (Wildman–Crippen LogP) is -1.82. The molecule has 0 radical (unpaired) electrons. The highest BCUT2D eigenvalue weighted by molar-refractivity contribution is 7.89. The van der Waals surface area contributed by atoms with Gasteiger partial charge in [0.2, 0.25) is 0 Å². The van der Waals surface area contributed by atoms with Gasteiger partial charge in [0.1, 0.15) is 0 Å². The summed E-state index contributed by atoms with van der Waals surface area (Å²) in [5.74, 6) is -5.67. The molecule has 0 aliphatic carbocycles. The molecule has 1 heterocycles. The second-order valence-electron chi connectivity index (χ2n) is 2.66. The van der Waals surface area contributed by atoms with E-state index in [1.54, 1.807) is 0 Å². The average molecular weight is 288 g/mol. The SMILES string of the molecule is COC(=O)C(F)(F)S(=O)(=O)OB1OC(=O)C(=O)O1. The Balaban J connectivity index is 2.86. The Kier molecular flexibility index (Phi) is 3.57. The maximum Gasteiger partial charge on any atom is 0.808 e. The lowest BCUT2D eigenvalue weighted by atomic mass is 10.3. The summed E-state index contributed by atoms with van der Waals surface area (Å²) < 4.78 is 62.6. The summed E-state index contributed by atoms with van der Waals surface area (Å²) in [5.41, 5.74) is 0. The van der Waals surface area contributed by atoms with Gasteiger partial charge >= 0.3 is 40.6 Å². The van der Waals surface area contributed by atoms with Crippen molar-refractivity contribution >= 4 is 35.3 Å². The third-order valence-corrected chi connectivity index (χ3v) is 2.72. The fourth-order valence-corrected chi connectivity index (χ4v) is 1.41. The number of hydrogen-bond donors (Lipinski definition) is 0. The molecule has 1 fully saturated rings. The van der Waals surface area contributed by atoms with E-state index in [0.29, 0.717) is 7.11 Å². The van der Waals surface area contributed by atoms with Crippen LogP contribution in [0.15, 0.2) is 0 Å². The van der Waals surface area contributed by atoms with Crippen molar-refractivity contribution in [1.29, 1.82) is 0 Å². The molecule has 0 aromatic rings. The van der Waals surface area contributed by atoms with E-state index in [2.05, 4.69) is 18.1 Å². The number of alkyl halides is 2. The number of ether oxygens (including phenoxy) is 1. The Hall–Kier alpha value is -1.76. The number of halogens is 2. The first kappa shape index (κ1) is 14.3. The fourth-order valence-electron chi connectivity index (χ4n) is 0.719. The second kappa shape index (κ2) is 4.49. The van der Waals surface area contributed by atoms with E-state index in [4.69, 9.17) is 0 Å². The topological polar surface area (TPSA) is 122 Å². The monoisotopic (exact) mass is 288 g/mol. The van der Waals surface area contributed by atoms with Crippen LogP contribution in [0.2, 0.25) is 0 Å². The van der Waals surface area contributed by atoms with Gasteiger partial charge in [-0.25, -0.2) is 18.5 Å². The molecular weight excluding hydrogens is 285 g/mol. The largest absolute Gasteiger partial charge is 0.808 e. The maximum absolute atomic E-state index is 13.0. The summed E-state index contributed by atoms with van der Waals surface area (Å²) in [6, 6.07) is 0. The smallest absolute Gasteiger partial charge is 0.464 e. The molecule has 0 aromatic carbocycles.